The van der Waals surface area contributed by atoms with Crippen LogP contribution < -0.4 is 10.1 Å². The average Bonchev–Trinajstić information content (AvgIpc) is 2.80. The van der Waals surface area contributed by atoms with Gasteiger partial charge in [0.15, 0.2) is 11.6 Å². The molecule has 0 aliphatic carbocycles. The number of ether oxygens (including phenoxy) is 1. The van der Waals surface area contributed by atoms with Crippen LogP contribution in [0.5, 0.6) is 5.75 Å². The number of amides is 1. The van der Waals surface area contributed by atoms with Gasteiger partial charge in [-0.2, -0.15) is 0 Å². The number of anilines is 1. The van der Waals surface area contributed by atoms with Gasteiger partial charge in [-0.3, -0.25) is 4.79 Å². The first-order valence-electron chi connectivity index (χ1n) is 9.65. The van der Waals surface area contributed by atoms with E-state index in [-0.39, 0.29) is 11.7 Å². The van der Waals surface area contributed by atoms with Crippen LogP contribution in [-0.2, 0) is 0 Å². The van der Waals surface area contributed by atoms with Crippen LogP contribution in [0, 0.1) is 5.82 Å². The van der Waals surface area contributed by atoms with Gasteiger partial charge in [0.1, 0.15) is 0 Å². The number of hydrogen-bond donors (Lipinski definition) is 1. The molecule has 5 heteroatoms. The van der Waals surface area contributed by atoms with E-state index < -0.39 is 5.82 Å². The topological polar surface area (TPSA) is 38.3 Å². The van der Waals surface area contributed by atoms with Crippen molar-refractivity contribution < 1.29 is 13.9 Å². The fraction of sp³-hybridized carbons (Fsp3) is 0.0385. The predicted molar refractivity (Wildman–Crippen MR) is 123 cm³/mol. The molecule has 0 bridgehead atoms. The normalized spacial score (nSPS) is 10.5. The number of carbonyl (C=O) groups excluding carboxylic acids is 1. The number of hydrogen-bond acceptors (Lipinski definition) is 2. The highest BCUT2D eigenvalue weighted by molar-refractivity contribution is 6.33. The van der Waals surface area contributed by atoms with Gasteiger partial charge in [0.25, 0.3) is 5.91 Å². The number of carbonyl (C=O) groups is 1. The van der Waals surface area contributed by atoms with Gasteiger partial charge in [-0.1, -0.05) is 66.2 Å². The second kappa shape index (κ2) is 9.02. The molecule has 3 nitrogen and oxygen atoms in total. The summed E-state index contributed by atoms with van der Waals surface area (Å²) in [4.78, 5) is 12.7. The fourth-order valence-electron chi connectivity index (χ4n) is 3.31. The number of halogens is 2. The smallest absolute Gasteiger partial charge is 0.255 e. The molecule has 0 aromatic heterocycles. The Morgan fingerprint density at radius 3 is 2.19 bits per heavy atom. The van der Waals surface area contributed by atoms with Gasteiger partial charge in [-0.15, -0.1) is 0 Å². The van der Waals surface area contributed by atoms with Crippen molar-refractivity contribution in [1.82, 2.24) is 0 Å². The van der Waals surface area contributed by atoms with E-state index in [1.54, 1.807) is 24.3 Å². The van der Waals surface area contributed by atoms with Crippen molar-refractivity contribution >= 4 is 23.2 Å². The molecule has 154 valence electrons. The van der Waals surface area contributed by atoms with Crippen molar-refractivity contribution in [3.05, 3.63) is 107 Å². The lowest BCUT2D eigenvalue weighted by Crippen LogP contribution is -2.12. The van der Waals surface area contributed by atoms with Crippen molar-refractivity contribution in [3.63, 3.8) is 0 Å². The average molecular weight is 432 g/mol. The van der Waals surface area contributed by atoms with Crippen LogP contribution in [0.3, 0.4) is 0 Å². The minimum atomic E-state index is -0.546. The molecule has 0 spiro atoms. The zero-order valence-electron chi connectivity index (χ0n) is 16.7. The van der Waals surface area contributed by atoms with Gasteiger partial charge < -0.3 is 10.1 Å². The third-order valence-corrected chi connectivity index (χ3v) is 5.27. The Morgan fingerprint density at radius 1 is 0.839 bits per heavy atom. The standard InChI is InChI=1S/C26H19ClFNO2/c1-31-25-14-12-21(16-24(25)28)29-26(30)20-11-13-23(27)22(15-20)19-9-7-18(8-10-19)17-5-3-2-4-6-17/h2-16H,1H3,(H,29,30). The van der Waals surface area contributed by atoms with Gasteiger partial charge >= 0.3 is 0 Å². The lowest BCUT2D eigenvalue weighted by Gasteiger charge is -2.11. The third-order valence-electron chi connectivity index (χ3n) is 4.94. The van der Waals surface area contributed by atoms with Crippen molar-refractivity contribution in [2.45, 2.75) is 0 Å². The molecule has 1 N–H and O–H groups in total. The van der Waals surface area contributed by atoms with Crippen molar-refractivity contribution in [2.75, 3.05) is 12.4 Å². The van der Waals surface area contributed by atoms with Crippen LogP contribution in [0.2, 0.25) is 5.02 Å². The molecule has 4 aromatic rings. The van der Waals surface area contributed by atoms with E-state index in [9.17, 15) is 9.18 Å². The highest BCUT2D eigenvalue weighted by Gasteiger charge is 2.12. The van der Waals surface area contributed by atoms with Gasteiger partial charge in [0.05, 0.1) is 7.11 Å². The monoisotopic (exact) mass is 431 g/mol. The SMILES string of the molecule is COc1ccc(NC(=O)c2ccc(Cl)c(-c3ccc(-c4ccccc4)cc3)c2)cc1F. The van der Waals surface area contributed by atoms with Crippen LogP contribution >= 0.6 is 11.6 Å². The molecule has 1 amide bonds. The minimum absolute atomic E-state index is 0.116. The molecular weight excluding hydrogens is 413 g/mol. The van der Waals surface area contributed by atoms with E-state index in [0.717, 1.165) is 22.3 Å². The van der Waals surface area contributed by atoms with Crippen LogP contribution in [0.4, 0.5) is 10.1 Å². The predicted octanol–water partition coefficient (Wildman–Crippen LogP) is 7.07. The molecule has 4 rings (SSSR count). The van der Waals surface area contributed by atoms with Crippen LogP contribution in [0.25, 0.3) is 22.3 Å². The first-order chi connectivity index (χ1) is 15.0. The van der Waals surface area contributed by atoms with Gasteiger partial charge in [-0.25, -0.2) is 4.39 Å². The van der Waals surface area contributed by atoms with E-state index in [1.165, 1.54) is 19.2 Å². The van der Waals surface area contributed by atoms with Crippen LogP contribution in [0.15, 0.2) is 91.0 Å². The van der Waals surface area contributed by atoms with Crippen molar-refractivity contribution in [1.29, 1.82) is 0 Å². The molecule has 0 heterocycles. The summed E-state index contributed by atoms with van der Waals surface area (Å²) >= 11 is 6.41. The Labute approximate surface area is 185 Å². The van der Waals surface area contributed by atoms with E-state index in [2.05, 4.69) is 17.4 Å². The number of nitrogens with one attached hydrogen (secondary N) is 1. The van der Waals surface area contributed by atoms with Gasteiger partial charge in [0.2, 0.25) is 0 Å². The highest BCUT2D eigenvalue weighted by atomic mass is 35.5. The second-order valence-electron chi connectivity index (χ2n) is 6.94. The molecule has 0 aliphatic heterocycles. The van der Waals surface area contributed by atoms with Gasteiger partial charge in [0, 0.05) is 27.9 Å². The number of rotatable bonds is 5. The van der Waals surface area contributed by atoms with E-state index in [1.807, 2.05) is 42.5 Å². The van der Waals surface area contributed by atoms with E-state index in [4.69, 9.17) is 16.3 Å². The van der Waals surface area contributed by atoms with Crippen LogP contribution in [-0.4, -0.2) is 13.0 Å². The molecule has 0 fully saturated rings. The molecule has 0 saturated heterocycles. The first kappa shape index (κ1) is 20.6. The molecule has 0 unspecified atom stereocenters. The summed E-state index contributed by atoms with van der Waals surface area (Å²) in [6, 6.07) is 27.4. The molecule has 0 atom stereocenters. The van der Waals surface area contributed by atoms with Crippen LogP contribution in [0.1, 0.15) is 10.4 Å². The molecule has 0 aliphatic rings. The fourth-order valence-corrected chi connectivity index (χ4v) is 3.53. The summed E-state index contributed by atoms with van der Waals surface area (Å²) in [7, 11) is 1.39. The Hall–Kier alpha value is -3.63. The summed E-state index contributed by atoms with van der Waals surface area (Å²) in [5.74, 6) is -0.787. The molecular formula is C26H19ClFNO2. The lowest BCUT2D eigenvalue weighted by atomic mass is 9.99. The summed E-state index contributed by atoms with van der Waals surface area (Å²) in [6.07, 6.45) is 0. The highest BCUT2D eigenvalue weighted by Crippen LogP contribution is 2.31. The van der Waals surface area contributed by atoms with Crippen molar-refractivity contribution in [3.8, 4) is 28.0 Å². The maximum atomic E-state index is 13.9. The largest absolute Gasteiger partial charge is 0.494 e. The summed E-state index contributed by atoms with van der Waals surface area (Å²) in [5, 5.41) is 3.24. The second-order valence-corrected chi connectivity index (χ2v) is 7.35. The van der Waals surface area contributed by atoms with Crippen molar-refractivity contribution in [2.24, 2.45) is 0 Å². The summed E-state index contributed by atoms with van der Waals surface area (Å²) in [6.45, 7) is 0. The maximum Gasteiger partial charge on any atom is 0.255 e. The Bertz CT molecular complexity index is 1220. The molecule has 0 radical (unpaired) electrons. The molecule has 31 heavy (non-hydrogen) atoms. The Morgan fingerprint density at radius 2 is 1.52 bits per heavy atom. The zero-order chi connectivity index (χ0) is 21.8. The Kier molecular flexibility index (Phi) is 6.01. The third kappa shape index (κ3) is 4.60. The zero-order valence-corrected chi connectivity index (χ0v) is 17.5. The van der Waals surface area contributed by atoms with E-state index >= 15 is 0 Å². The summed E-state index contributed by atoms with van der Waals surface area (Å²) < 4.78 is 18.8. The number of methoxy groups -OCH3 is 1. The summed E-state index contributed by atoms with van der Waals surface area (Å²) in [5.41, 5.74) is 4.62. The Balaban J connectivity index is 1.58. The molecule has 0 saturated carbocycles. The minimum Gasteiger partial charge on any atom is -0.494 e. The van der Waals surface area contributed by atoms with E-state index in [0.29, 0.717) is 16.3 Å². The number of benzene rings is 4. The van der Waals surface area contributed by atoms with Gasteiger partial charge in [-0.05, 0) is 47.0 Å². The first-order valence-corrected chi connectivity index (χ1v) is 10.0. The quantitative estimate of drug-likeness (QED) is 0.367. The lowest BCUT2D eigenvalue weighted by molar-refractivity contribution is 0.102. The maximum absolute atomic E-state index is 13.9. The molecule has 4 aromatic carbocycles.